The fourth-order valence-electron chi connectivity index (χ4n) is 3.09. The van der Waals surface area contributed by atoms with Gasteiger partial charge in [-0.1, -0.05) is 17.7 Å². The van der Waals surface area contributed by atoms with E-state index in [2.05, 4.69) is 35.8 Å². The number of aliphatic imine (C=N–C) groups is 1. The van der Waals surface area contributed by atoms with Crippen molar-refractivity contribution in [3.05, 3.63) is 35.4 Å². The minimum Gasteiger partial charge on any atom is -0.493 e. The van der Waals surface area contributed by atoms with Crippen molar-refractivity contribution < 1.29 is 14.2 Å². The van der Waals surface area contributed by atoms with E-state index >= 15 is 0 Å². The van der Waals surface area contributed by atoms with Crippen molar-refractivity contribution in [2.75, 3.05) is 46.6 Å². The standard InChI is InChI=1S/C22H35N3O3/c1-4-23-22(25-14-10-18-11-15-27-16-12-18)24-13-6-7-19-8-9-20(26-3)21(17-19)28-5-2/h8-9,11,17H,4-7,10,12-16H2,1-3H3,(H2,23,24,25). The number of hydrogen-bond acceptors (Lipinski definition) is 4. The summed E-state index contributed by atoms with van der Waals surface area (Å²) >= 11 is 0. The van der Waals surface area contributed by atoms with Gasteiger partial charge in [0.2, 0.25) is 0 Å². The Morgan fingerprint density at radius 3 is 2.79 bits per heavy atom. The summed E-state index contributed by atoms with van der Waals surface area (Å²) in [5.74, 6) is 2.48. The first-order valence-corrected chi connectivity index (χ1v) is 10.3. The lowest BCUT2D eigenvalue weighted by molar-refractivity contribution is 0.153. The normalized spacial score (nSPS) is 14.4. The lowest BCUT2D eigenvalue weighted by Crippen LogP contribution is -2.38. The average molecular weight is 390 g/mol. The molecule has 0 aromatic heterocycles. The number of methoxy groups -OCH3 is 1. The van der Waals surface area contributed by atoms with Gasteiger partial charge in [0.05, 0.1) is 26.9 Å². The summed E-state index contributed by atoms with van der Waals surface area (Å²) in [4.78, 5) is 4.70. The molecule has 1 heterocycles. The van der Waals surface area contributed by atoms with Crippen LogP contribution in [0.15, 0.2) is 34.8 Å². The van der Waals surface area contributed by atoms with Crippen LogP contribution in [-0.2, 0) is 11.2 Å². The highest BCUT2D eigenvalue weighted by Crippen LogP contribution is 2.28. The summed E-state index contributed by atoms with van der Waals surface area (Å²) in [5, 5.41) is 6.75. The monoisotopic (exact) mass is 389 g/mol. The molecular weight excluding hydrogens is 354 g/mol. The highest BCUT2D eigenvalue weighted by Gasteiger charge is 2.06. The molecule has 0 saturated carbocycles. The van der Waals surface area contributed by atoms with Crippen LogP contribution >= 0.6 is 0 Å². The molecule has 0 unspecified atom stereocenters. The maximum atomic E-state index is 5.65. The summed E-state index contributed by atoms with van der Waals surface area (Å²) in [5.41, 5.74) is 2.71. The molecule has 1 aromatic carbocycles. The van der Waals surface area contributed by atoms with Crippen molar-refractivity contribution in [3.63, 3.8) is 0 Å². The highest BCUT2D eigenvalue weighted by atomic mass is 16.5. The van der Waals surface area contributed by atoms with E-state index in [1.165, 1.54) is 11.1 Å². The molecule has 1 aliphatic heterocycles. The third-order valence-corrected chi connectivity index (χ3v) is 4.56. The fraction of sp³-hybridized carbons (Fsp3) is 0.591. The zero-order valence-corrected chi connectivity index (χ0v) is 17.6. The number of benzene rings is 1. The molecule has 1 aliphatic rings. The van der Waals surface area contributed by atoms with Crippen molar-refractivity contribution in [1.82, 2.24) is 10.6 Å². The molecule has 6 heteroatoms. The van der Waals surface area contributed by atoms with E-state index in [9.17, 15) is 0 Å². The molecule has 0 fully saturated rings. The Labute approximate surface area is 169 Å². The van der Waals surface area contributed by atoms with Crippen LogP contribution in [0.2, 0.25) is 0 Å². The third-order valence-electron chi connectivity index (χ3n) is 4.56. The van der Waals surface area contributed by atoms with Crippen molar-refractivity contribution in [1.29, 1.82) is 0 Å². The molecule has 0 aliphatic carbocycles. The van der Waals surface area contributed by atoms with E-state index in [0.717, 1.165) is 76.0 Å². The Kier molecular flexibility index (Phi) is 10.3. The van der Waals surface area contributed by atoms with Crippen LogP contribution in [0.4, 0.5) is 0 Å². The molecular formula is C22H35N3O3. The van der Waals surface area contributed by atoms with Crippen molar-refractivity contribution in [2.24, 2.45) is 4.99 Å². The average Bonchev–Trinajstić information content (AvgIpc) is 2.72. The highest BCUT2D eigenvalue weighted by molar-refractivity contribution is 5.79. The molecule has 2 N–H and O–H groups in total. The minimum atomic E-state index is 0.631. The predicted molar refractivity (Wildman–Crippen MR) is 115 cm³/mol. The van der Waals surface area contributed by atoms with Gasteiger partial charge in [-0.25, -0.2) is 0 Å². The topological polar surface area (TPSA) is 64.1 Å². The van der Waals surface area contributed by atoms with Crippen LogP contribution in [0, 0.1) is 0 Å². The first kappa shape index (κ1) is 22.1. The van der Waals surface area contributed by atoms with Crippen LogP contribution in [-0.4, -0.2) is 52.5 Å². The molecule has 6 nitrogen and oxygen atoms in total. The Morgan fingerprint density at radius 1 is 1.18 bits per heavy atom. The van der Waals surface area contributed by atoms with Gasteiger partial charge < -0.3 is 24.8 Å². The summed E-state index contributed by atoms with van der Waals surface area (Å²) in [6.07, 6.45) is 6.22. The fourth-order valence-corrected chi connectivity index (χ4v) is 3.09. The molecule has 2 rings (SSSR count). The maximum Gasteiger partial charge on any atom is 0.191 e. The second-order valence-corrected chi connectivity index (χ2v) is 6.65. The van der Waals surface area contributed by atoms with E-state index in [0.29, 0.717) is 6.61 Å². The van der Waals surface area contributed by atoms with Gasteiger partial charge in [0.1, 0.15) is 0 Å². The quantitative estimate of drug-likeness (QED) is 0.263. The number of aryl methyl sites for hydroxylation is 1. The van der Waals surface area contributed by atoms with Crippen LogP contribution in [0.1, 0.15) is 38.7 Å². The first-order chi connectivity index (χ1) is 13.8. The molecule has 0 radical (unpaired) electrons. The molecule has 0 atom stereocenters. The lowest BCUT2D eigenvalue weighted by atomic mass is 10.1. The smallest absolute Gasteiger partial charge is 0.191 e. The van der Waals surface area contributed by atoms with Crippen LogP contribution in [0.25, 0.3) is 0 Å². The summed E-state index contributed by atoms with van der Waals surface area (Å²) in [6.45, 7) is 8.83. The summed E-state index contributed by atoms with van der Waals surface area (Å²) in [7, 11) is 1.67. The molecule has 0 bridgehead atoms. The second kappa shape index (κ2) is 13.0. The SMILES string of the molecule is CCNC(=NCCCc1ccc(OC)c(OCC)c1)NCCC1=CCOCC1. The minimum absolute atomic E-state index is 0.631. The second-order valence-electron chi connectivity index (χ2n) is 6.65. The molecule has 1 aromatic rings. The van der Waals surface area contributed by atoms with Gasteiger partial charge in [-0.15, -0.1) is 0 Å². The number of ether oxygens (including phenoxy) is 3. The van der Waals surface area contributed by atoms with E-state index in [4.69, 9.17) is 19.2 Å². The Hall–Kier alpha value is -2.21. The van der Waals surface area contributed by atoms with Gasteiger partial charge in [0, 0.05) is 19.6 Å². The molecule has 28 heavy (non-hydrogen) atoms. The number of nitrogens with zero attached hydrogens (tertiary/aromatic N) is 1. The van der Waals surface area contributed by atoms with Crippen molar-refractivity contribution in [3.8, 4) is 11.5 Å². The Bertz CT molecular complexity index is 644. The summed E-state index contributed by atoms with van der Waals surface area (Å²) < 4.78 is 16.4. The Balaban J connectivity index is 1.77. The van der Waals surface area contributed by atoms with Crippen LogP contribution in [0.5, 0.6) is 11.5 Å². The van der Waals surface area contributed by atoms with Crippen LogP contribution in [0.3, 0.4) is 0 Å². The molecule has 156 valence electrons. The molecule has 0 amide bonds. The Morgan fingerprint density at radius 2 is 2.07 bits per heavy atom. The number of rotatable bonds is 11. The van der Waals surface area contributed by atoms with Crippen molar-refractivity contribution >= 4 is 5.96 Å². The molecule has 0 saturated heterocycles. The third kappa shape index (κ3) is 7.80. The van der Waals surface area contributed by atoms with Gasteiger partial charge in [-0.2, -0.15) is 0 Å². The van der Waals surface area contributed by atoms with Gasteiger partial charge in [0.15, 0.2) is 17.5 Å². The van der Waals surface area contributed by atoms with Gasteiger partial charge in [0.25, 0.3) is 0 Å². The summed E-state index contributed by atoms with van der Waals surface area (Å²) in [6, 6.07) is 6.13. The first-order valence-electron chi connectivity index (χ1n) is 10.3. The lowest BCUT2D eigenvalue weighted by Gasteiger charge is -2.15. The number of hydrogen-bond donors (Lipinski definition) is 2. The van der Waals surface area contributed by atoms with E-state index in [1.807, 2.05) is 13.0 Å². The molecule has 0 spiro atoms. The largest absolute Gasteiger partial charge is 0.493 e. The zero-order valence-electron chi connectivity index (χ0n) is 17.6. The van der Waals surface area contributed by atoms with E-state index < -0.39 is 0 Å². The van der Waals surface area contributed by atoms with Gasteiger partial charge in [-0.3, -0.25) is 4.99 Å². The predicted octanol–water partition coefficient (Wildman–Crippen LogP) is 3.32. The zero-order chi connectivity index (χ0) is 20.0. The van der Waals surface area contributed by atoms with E-state index in [-0.39, 0.29) is 0 Å². The van der Waals surface area contributed by atoms with Gasteiger partial charge in [-0.05, 0) is 57.2 Å². The van der Waals surface area contributed by atoms with E-state index in [1.54, 1.807) is 7.11 Å². The van der Waals surface area contributed by atoms with Gasteiger partial charge >= 0.3 is 0 Å². The maximum absolute atomic E-state index is 5.65. The number of guanidine groups is 1. The van der Waals surface area contributed by atoms with Crippen molar-refractivity contribution in [2.45, 2.75) is 39.5 Å². The number of nitrogens with one attached hydrogen (secondary N) is 2. The van der Waals surface area contributed by atoms with Crippen LogP contribution < -0.4 is 20.1 Å².